The second kappa shape index (κ2) is 20.8. The molecule has 3 aliphatic heterocycles. The quantitative estimate of drug-likeness (QED) is 0.0748. The number of phenols is 1. The zero-order valence-corrected chi connectivity index (χ0v) is 41.0. The number of ether oxygens (including phenoxy) is 2. The van der Waals surface area contributed by atoms with Crippen molar-refractivity contribution in [3.8, 4) is 28.1 Å². The van der Waals surface area contributed by atoms with Crippen molar-refractivity contribution in [3.05, 3.63) is 84.2 Å². The van der Waals surface area contributed by atoms with E-state index in [4.69, 9.17) is 14.5 Å². The van der Waals surface area contributed by atoms with E-state index in [-0.39, 0.29) is 48.0 Å². The highest BCUT2D eigenvalue weighted by atomic mass is 16.5. The van der Waals surface area contributed by atoms with Gasteiger partial charge in [0.15, 0.2) is 0 Å². The monoisotopic (exact) mass is 932 g/mol. The Kier molecular flexibility index (Phi) is 15.3. The van der Waals surface area contributed by atoms with Crippen molar-refractivity contribution < 1.29 is 38.6 Å². The minimum atomic E-state index is -1.13. The SMILES string of the molecule is C=CC(=O)N1CCC2(CCN(C(C(=O)NC(Cc3cc(O)cc(-c4ccc5c(c4)c(CC(C)(C)COC)c(-c4cccnc4C(C)OC)n5CC)c3)C(=O)N3CCC[C@@H](C=O)N3)C(C)C)C2=O)C1. The molecule has 0 saturated carbocycles. The molecule has 68 heavy (non-hydrogen) atoms. The fourth-order valence-electron chi connectivity index (χ4n) is 10.8. The molecule has 2 aromatic carbocycles. The summed E-state index contributed by atoms with van der Waals surface area (Å²) in [5.41, 5.74) is 9.24. The third-order valence-corrected chi connectivity index (χ3v) is 14.1. The first kappa shape index (κ1) is 50.0. The van der Waals surface area contributed by atoms with Crippen LogP contribution < -0.4 is 10.7 Å². The predicted octanol–water partition coefficient (Wildman–Crippen LogP) is 6.40. The van der Waals surface area contributed by atoms with Crippen molar-refractivity contribution in [2.45, 2.75) is 111 Å². The molecule has 364 valence electrons. The minimum Gasteiger partial charge on any atom is -0.508 e. The summed E-state index contributed by atoms with van der Waals surface area (Å²) >= 11 is 0. The molecule has 0 radical (unpaired) electrons. The number of hydrogen-bond donors (Lipinski definition) is 3. The number of pyridine rings is 1. The first-order chi connectivity index (χ1) is 32.5. The van der Waals surface area contributed by atoms with Crippen LogP contribution in [-0.4, -0.2) is 125 Å². The number of hydrazine groups is 1. The first-order valence-corrected chi connectivity index (χ1v) is 24.0. The smallest absolute Gasteiger partial charge is 0.259 e. The maximum atomic E-state index is 14.6. The molecule has 7 rings (SSSR count). The molecule has 3 saturated heterocycles. The lowest BCUT2D eigenvalue weighted by Crippen LogP contribution is -2.61. The Morgan fingerprint density at radius 1 is 1.06 bits per heavy atom. The highest BCUT2D eigenvalue weighted by Gasteiger charge is 2.54. The lowest BCUT2D eigenvalue weighted by Gasteiger charge is -2.36. The van der Waals surface area contributed by atoms with Crippen LogP contribution in [0.5, 0.6) is 5.75 Å². The zero-order valence-electron chi connectivity index (χ0n) is 41.0. The molecule has 1 spiro atoms. The summed E-state index contributed by atoms with van der Waals surface area (Å²) in [4.78, 5) is 75.9. The normalized spacial score (nSPS) is 20.0. The Hall–Kier alpha value is -5.90. The van der Waals surface area contributed by atoms with E-state index in [1.807, 2.05) is 39.0 Å². The van der Waals surface area contributed by atoms with E-state index in [0.29, 0.717) is 76.0 Å². The lowest BCUT2D eigenvalue weighted by molar-refractivity contribution is -0.146. The standard InChI is InChI=1S/C53H69N7O8/c1-10-45(63)57-22-18-53(31-57)19-23-59(51(53)66)47(33(3)4)49(64)55-43(50(65)60-21-13-14-38(30-61)56-60)26-35-24-37(27-39(62)25-35)36-16-17-44-41(28-36)42(29-52(6,7)32-67-8)48(58(44)11-2)40-15-12-20-54-46(40)34(5)68-9/h10,12,15-17,20,24-25,27-28,30,33-34,38,43,47,56,62H,1,11,13-14,18-19,21-23,26,29,31-32H2,2-9H3,(H,55,64)/t34?,38-,43?,47?,53?/m0/s1. The molecule has 5 heterocycles. The van der Waals surface area contributed by atoms with E-state index in [2.05, 4.69) is 60.9 Å². The number of benzene rings is 2. The van der Waals surface area contributed by atoms with Crippen LogP contribution in [0.2, 0.25) is 0 Å². The number of carbonyl (C=O) groups is 5. The van der Waals surface area contributed by atoms with Gasteiger partial charge in [-0.2, -0.15) is 0 Å². The summed E-state index contributed by atoms with van der Waals surface area (Å²) in [6.45, 7) is 18.5. The fraction of sp³-hybridized carbons (Fsp3) is 0.509. The van der Waals surface area contributed by atoms with Gasteiger partial charge in [0, 0.05) is 76.0 Å². The number of aryl methyl sites for hydroxylation is 1. The first-order valence-electron chi connectivity index (χ1n) is 24.0. The maximum absolute atomic E-state index is 14.6. The number of likely N-dealkylation sites (tertiary alicyclic amines) is 2. The lowest BCUT2D eigenvalue weighted by atomic mass is 9.84. The van der Waals surface area contributed by atoms with E-state index in [0.717, 1.165) is 45.3 Å². The van der Waals surface area contributed by atoms with Crippen LogP contribution in [0.3, 0.4) is 0 Å². The number of aromatic hydroxyl groups is 1. The summed E-state index contributed by atoms with van der Waals surface area (Å²) in [5.74, 6) is -1.64. The number of methoxy groups -OCH3 is 2. The summed E-state index contributed by atoms with van der Waals surface area (Å²) in [7, 11) is 3.40. The summed E-state index contributed by atoms with van der Waals surface area (Å²) in [6.07, 6.45) is 6.43. The van der Waals surface area contributed by atoms with Crippen LogP contribution in [0.1, 0.15) is 90.2 Å². The van der Waals surface area contributed by atoms with E-state index >= 15 is 0 Å². The number of amides is 4. The fourth-order valence-corrected chi connectivity index (χ4v) is 10.8. The Morgan fingerprint density at radius 3 is 2.51 bits per heavy atom. The highest BCUT2D eigenvalue weighted by Crippen LogP contribution is 2.44. The molecular formula is C53H69N7O8. The van der Waals surface area contributed by atoms with Gasteiger partial charge >= 0.3 is 0 Å². The Morgan fingerprint density at radius 2 is 1.82 bits per heavy atom. The molecule has 0 aliphatic carbocycles. The molecule has 15 nitrogen and oxygen atoms in total. The molecule has 0 bridgehead atoms. The Balaban J connectivity index is 1.26. The van der Waals surface area contributed by atoms with Crippen LogP contribution in [0.15, 0.2) is 67.4 Å². The van der Waals surface area contributed by atoms with Crippen molar-refractivity contribution in [2.75, 3.05) is 47.0 Å². The van der Waals surface area contributed by atoms with E-state index in [1.54, 1.807) is 42.3 Å². The van der Waals surface area contributed by atoms with Gasteiger partial charge in [-0.1, -0.05) is 46.4 Å². The highest BCUT2D eigenvalue weighted by molar-refractivity contribution is 5.97. The number of nitrogens with zero attached hydrogens (tertiary/aromatic N) is 5. The molecule has 4 unspecified atom stereocenters. The second-order valence-electron chi connectivity index (χ2n) is 20.0. The van der Waals surface area contributed by atoms with E-state index < -0.39 is 35.4 Å². The molecule has 3 N–H and O–H groups in total. The number of aldehydes is 1. The van der Waals surface area contributed by atoms with Gasteiger partial charge < -0.3 is 39.1 Å². The molecule has 5 atom stereocenters. The Bertz CT molecular complexity index is 2550. The number of hydrogen-bond acceptors (Lipinski definition) is 10. The molecule has 4 aromatic rings. The van der Waals surface area contributed by atoms with Gasteiger partial charge in [0.2, 0.25) is 17.7 Å². The maximum Gasteiger partial charge on any atom is 0.259 e. The Labute approximate surface area is 400 Å². The average Bonchev–Trinajstić information content (AvgIpc) is 4.00. The summed E-state index contributed by atoms with van der Waals surface area (Å²) < 4.78 is 13.8. The van der Waals surface area contributed by atoms with E-state index in [1.165, 1.54) is 11.1 Å². The van der Waals surface area contributed by atoms with Gasteiger partial charge in [0.25, 0.3) is 5.91 Å². The van der Waals surface area contributed by atoms with Crippen molar-refractivity contribution in [2.24, 2.45) is 16.7 Å². The van der Waals surface area contributed by atoms with Crippen LogP contribution >= 0.6 is 0 Å². The summed E-state index contributed by atoms with van der Waals surface area (Å²) in [6, 6.07) is 13.0. The molecule has 3 fully saturated rings. The number of aromatic nitrogens is 2. The topological polar surface area (TPSA) is 176 Å². The van der Waals surface area contributed by atoms with Gasteiger partial charge in [0.05, 0.1) is 35.6 Å². The van der Waals surface area contributed by atoms with Gasteiger partial charge in [-0.3, -0.25) is 29.2 Å². The average molecular weight is 932 g/mol. The number of nitrogens with one attached hydrogen (secondary N) is 2. The van der Waals surface area contributed by atoms with Crippen LogP contribution in [0.25, 0.3) is 33.3 Å². The molecule has 15 heteroatoms. The van der Waals surface area contributed by atoms with E-state index in [9.17, 15) is 29.1 Å². The number of rotatable bonds is 18. The largest absolute Gasteiger partial charge is 0.508 e. The van der Waals surface area contributed by atoms with Crippen molar-refractivity contribution >= 4 is 40.8 Å². The predicted molar refractivity (Wildman–Crippen MR) is 261 cm³/mol. The second-order valence-corrected chi connectivity index (χ2v) is 20.0. The third-order valence-electron chi connectivity index (χ3n) is 14.1. The third kappa shape index (κ3) is 10.1. The van der Waals surface area contributed by atoms with Gasteiger partial charge in [0.1, 0.15) is 24.1 Å². The van der Waals surface area contributed by atoms with Crippen LogP contribution in [0.4, 0.5) is 0 Å². The van der Waals surface area contributed by atoms with Crippen molar-refractivity contribution in [1.29, 1.82) is 0 Å². The van der Waals surface area contributed by atoms with Gasteiger partial charge in [-0.15, -0.1) is 0 Å². The number of carbonyl (C=O) groups excluding carboxylic acids is 5. The minimum absolute atomic E-state index is 0.00770. The van der Waals surface area contributed by atoms with Crippen molar-refractivity contribution in [3.63, 3.8) is 0 Å². The van der Waals surface area contributed by atoms with Crippen molar-refractivity contribution in [1.82, 2.24) is 35.1 Å². The van der Waals surface area contributed by atoms with Gasteiger partial charge in [-0.05, 0) is 122 Å². The molecule has 3 aliphatic rings. The molecule has 2 aromatic heterocycles. The number of fused-ring (bicyclic) bond motifs is 1. The molecule has 4 amide bonds. The molecular weight excluding hydrogens is 863 g/mol. The van der Waals surface area contributed by atoms with Crippen LogP contribution in [-0.2, 0) is 52.8 Å². The van der Waals surface area contributed by atoms with Gasteiger partial charge in [-0.25, -0.2) is 5.43 Å². The number of phenolic OH excluding ortho intramolecular Hbond substituents is 1. The summed E-state index contributed by atoms with van der Waals surface area (Å²) in [5, 5.41) is 16.9. The van der Waals surface area contributed by atoms with Crippen LogP contribution in [0, 0.1) is 16.7 Å². The zero-order chi connectivity index (χ0) is 49.1.